The van der Waals surface area contributed by atoms with E-state index in [4.69, 9.17) is 11.0 Å². The zero-order chi connectivity index (χ0) is 11.5. The molecule has 0 radical (unpaired) electrons. The van der Waals surface area contributed by atoms with Gasteiger partial charge < -0.3 is 5.73 Å². The van der Waals surface area contributed by atoms with Crippen LogP contribution in [0.2, 0.25) is 0 Å². The van der Waals surface area contributed by atoms with Gasteiger partial charge in [0.25, 0.3) is 5.91 Å². The lowest BCUT2D eigenvalue weighted by Gasteiger charge is -2.01. The minimum absolute atomic E-state index is 0.0383. The summed E-state index contributed by atoms with van der Waals surface area (Å²) < 4.78 is 0.982. The van der Waals surface area contributed by atoms with Gasteiger partial charge in [-0.2, -0.15) is 15.0 Å². The molecule has 0 aliphatic rings. The van der Waals surface area contributed by atoms with E-state index < -0.39 is 5.91 Å². The Bertz CT molecular complexity index is 567. The predicted octanol–water partition coefficient (Wildman–Crippen LogP) is 0.420. The first-order valence-corrected chi connectivity index (χ1v) is 4.42. The second-order valence-electron chi connectivity index (χ2n) is 3.01. The SMILES string of the molecule is N#Cc1cnn(C(=O)c2cccnc2)c1N. The largest absolute Gasteiger partial charge is 0.382 e. The molecular formula is C10H7N5O. The number of carbonyl (C=O) groups is 1. The van der Waals surface area contributed by atoms with Crippen molar-refractivity contribution in [1.29, 1.82) is 5.26 Å². The van der Waals surface area contributed by atoms with Gasteiger partial charge in [0, 0.05) is 12.4 Å². The van der Waals surface area contributed by atoms with Gasteiger partial charge >= 0.3 is 0 Å². The van der Waals surface area contributed by atoms with Crippen LogP contribution in [0.1, 0.15) is 15.9 Å². The lowest BCUT2D eigenvalue weighted by atomic mass is 10.3. The van der Waals surface area contributed by atoms with E-state index in [1.807, 2.05) is 6.07 Å². The van der Waals surface area contributed by atoms with Gasteiger partial charge in [0.1, 0.15) is 17.5 Å². The number of hydrogen-bond acceptors (Lipinski definition) is 5. The standard InChI is InChI=1S/C10H7N5O/c11-4-8-6-14-15(9(8)12)10(16)7-2-1-3-13-5-7/h1-3,5-6H,12H2. The molecule has 0 aliphatic carbocycles. The predicted molar refractivity (Wildman–Crippen MR) is 55.3 cm³/mol. The summed E-state index contributed by atoms with van der Waals surface area (Å²) in [5.74, 6) is -0.372. The Balaban J connectivity index is 2.43. The third kappa shape index (κ3) is 1.50. The molecule has 2 aromatic rings. The lowest BCUT2D eigenvalue weighted by Crippen LogP contribution is -2.16. The number of carbonyl (C=O) groups excluding carboxylic acids is 1. The highest BCUT2D eigenvalue weighted by Crippen LogP contribution is 2.11. The minimum Gasteiger partial charge on any atom is -0.382 e. The van der Waals surface area contributed by atoms with E-state index in [1.54, 1.807) is 18.3 Å². The molecule has 16 heavy (non-hydrogen) atoms. The molecule has 0 aromatic carbocycles. The summed E-state index contributed by atoms with van der Waals surface area (Å²) in [4.78, 5) is 15.7. The maximum Gasteiger partial charge on any atom is 0.281 e. The van der Waals surface area contributed by atoms with Crippen LogP contribution in [0, 0.1) is 11.3 Å². The molecule has 6 heteroatoms. The lowest BCUT2D eigenvalue weighted by molar-refractivity contribution is 0.0947. The zero-order valence-corrected chi connectivity index (χ0v) is 8.16. The van der Waals surface area contributed by atoms with E-state index in [2.05, 4.69) is 10.1 Å². The first-order valence-electron chi connectivity index (χ1n) is 4.42. The van der Waals surface area contributed by atoms with Gasteiger partial charge in [-0.3, -0.25) is 9.78 Å². The molecule has 0 saturated carbocycles. The average Bonchev–Trinajstić information content (AvgIpc) is 2.70. The van der Waals surface area contributed by atoms with Crippen LogP contribution in [-0.4, -0.2) is 20.7 Å². The molecule has 0 spiro atoms. The van der Waals surface area contributed by atoms with Crippen LogP contribution < -0.4 is 5.73 Å². The molecule has 2 N–H and O–H groups in total. The van der Waals surface area contributed by atoms with Gasteiger partial charge in [-0.15, -0.1) is 0 Å². The summed E-state index contributed by atoms with van der Waals surface area (Å²) in [5, 5.41) is 12.4. The smallest absolute Gasteiger partial charge is 0.281 e. The number of nitrogens with zero attached hydrogens (tertiary/aromatic N) is 4. The maximum absolute atomic E-state index is 11.9. The number of hydrogen-bond donors (Lipinski definition) is 1. The van der Waals surface area contributed by atoms with E-state index in [0.717, 1.165) is 4.68 Å². The topological polar surface area (TPSA) is 97.6 Å². The van der Waals surface area contributed by atoms with Crippen molar-refractivity contribution in [2.45, 2.75) is 0 Å². The molecule has 0 bridgehead atoms. The first kappa shape index (κ1) is 9.86. The van der Waals surface area contributed by atoms with Gasteiger partial charge in [0.2, 0.25) is 0 Å². The monoisotopic (exact) mass is 213 g/mol. The summed E-state index contributed by atoms with van der Waals surface area (Å²) in [7, 11) is 0. The normalized spacial score (nSPS) is 9.69. The van der Waals surface area contributed by atoms with Gasteiger partial charge in [-0.05, 0) is 12.1 Å². The Morgan fingerprint density at radius 3 is 2.88 bits per heavy atom. The summed E-state index contributed by atoms with van der Waals surface area (Å²) in [6.07, 6.45) is 4.23. The van der Waals surface area contributed by atoms with Crippen molar-refractivity contribution >= 4 is 11.7 Å². The third-order valence-corrected chi connectivity index (χ3v) is 2.03. The van der Waals surface area contributed by atoms with Crippen LogP contribution in [0.5, 0.6) is 0 Å². The molecule has 0 aliphatic heterocycles. The average molecular weight is 213 g/mol. The fraction of sp³-hybridized carbons (Fsp3) is 0. The summed E-state index contributed by atoms with van der Waals surface area (Å²) in [6, 6.07) is 5.08. The molecule has 2 rings (SSSR count). The van der Waals surface area contributed by atoms with Gasteiger partial charge in [-0.1, -0.05) is 0 Å². The third-order valence-electron chi connectivity index (χ3n) is 2.03. The first-order chi connectivity index (χ1) is 7.74. The quantitative estimate of drug-likeness (QED) is 0.740. The van der Waals surface area contributed by atoms with Gasteiger partial charge in [0.05, 0.1) is 11.8 Å². The number of nitrogens with two attached hydrogens (primary N) is 1. The number of pyridine rings is 1. The Kier molecular flexibility index (Phi) is 2.36. The second kappa shape index (κ2) is 3.82. The Morgan fingerprint density at radius 1 is 1.50 bits per heavy atom. The molecule has 0 fully saturated rings. The Labute approximate surface area is 90.9 Å². The van der Waals surface area contributed by atoms with Gasteiger partial charge in [-0.25, -0.2) is 0 Å². The maximum atomic E-state index is 11.9. The fourth-order valence-corrected chi connectivity index (χ4v) is 1.22. The van der Waals surface area contributed by atoms with E-state index in [9.17, 15) is 4.79 Å². The van der Waals surface area contributed by atoms with E-state index >= 15 is 0 Å². The zero-order valence-electron chi connectivity index (χ0n) is 8.16. The van der Waals surface area contributed by atoms with Crippen LogP contribution in [0.3, 0.4) is 0 Å². The fourth-order valence-electron chi connectivity index (χ4n) is 1.22. The summed E-state index contributed by atoms with van der Waals surface area (Å²) in [5.41, 5.74) is 6.13. The van der Waals surface area contributed by atoms with E-state index in [0.29, 0.717) is 5.56 Å². The molecule has 6 nitrogen and oxygen atoms in total. The van der Waals surface area contributed by atoms with Gasteiger partial charge in [0.15, 0.2) is 0 Å². The van der Waals surface area contributed by atoms with Crippen molar-refractivity contribution < 1.29 is 4.79 Å². The Hall–Kier alpha value is -2.68. The highest BCUT2D eigenvalue weighted by Gasteiger charge is 2.15. The minimum atomic E-state index is -0.410. The van der Waals surface area contributed by atoms with Crippen LogP contribution in [0.15, 0.2) is 30.7 Å². The molecule has 2 heterocycles. The molecule has 0 unspecified atom stereocenters. The Morgan fingerprint density at radius 2 is 2.31 bits per heavy atom. The summed E-state index contributed by atoms with van der Waals surface area (Å²) >= 11 is 0. The van der Waals surface area contributed by atoms with Crippen molar-refractivity contribution in [3.05, 3.63) is 41.9 Å². The van der Waals surface area contributed by atoms with Crippen molar-refractivity contribution in [1.82, 2.24) is 14.8 Å². The highest BCUT2D eigenvalue weighted by atomic mass is 16.2. The van der Waals surface area contributed by atoms with Crippen LogP contribution in [0.4, 0.5) is 5.82 Å². The summed E-state index contributed by atoms with van der Waals surface area (Å²) in [6.45, 7) is 0. The molecule has 0 atom stereocenters. The highest BCUT2D eigenvalue weighted by molar-refractivity contribution is 5.97. The molecule has 2 aromatic heterocycles. The second-order valence-corrected chi connectivity index (χ2v) is 3.01. The number of nitrogen functional groups attached to an aromatic ring is 1. The number of rotatable bonds is 1. The number of nitriles is 1. The van der Waals surface area contributed by atoms with Crippen molar-refractivity contribution in [2.24, 2.45) is 0 Å². The van der Waals surface area contributed by atoms with E-state index in [-0.39, 0.29) is 11.4 Å². The number of aromatic nitrogens is 3. The molecule has 0 amide bonds. The van der Waals surface area contributed by atoms with Crippen LogP contribution in [0.25, 0.3) is 0 Å². The molecular weight excluding hydrogens is 206 g/mol. The van der Waals surface area contributed by atoms with Crippen molar-refractivity contribution in [2.75, 3.05) is 5.73 Å². The van der Waals surface area contributed by atoms with Crippen LogP contribution >= 0.6 is 0 Å². The van der Waals surface area contributed by atoms with Crippen molar-refractivity contribution in [3.63, 3.8) is 0 Å². The number of anilines is 1. The van der Waals surface area contributed by atoms with Crippen molar-refractivity contribution in [3.8, 4) is 6.07 Å². The molecule has 0 saturated heterocycles. The molecule has 78 valence electrons. The van der Waals surface area contributed by atoms with E-state index in [1.165, 1.54) is 12.4 Å². The van der Waals surface area contributed by atoms with Crippen LogP contribution in [-0.2, 0) is 0 Å².